The predicted molar refractivity (Wildman–Crippen MR) is 70.2 cm³/mol. The highest BCUT2D eigenvalue weighted by Gasteiger charge is 2.22. The summed E-state index contributed by atoms with van der Waals surface area (Å²) in [5.74, 6) is -0.664. The zero-order valence-corrected chi connectivity index (χ0v) is 11.7. The molecule has 0 aliphatic rings. The number of hydrogen-bond acceptors (Lipinski definition) is 4. The van der Waals surface area contributed by atoms with Crippen molar-refractivity contribution in [2.75, 3.05) is 13.2 Å². The molecule has 1 atom stereocenters. The molecule has 0 heterocycles. The fourth-order valence-electron chi connectivity index (χ4n) is 1.48. The minimum absolute atomic E-state index is 0.0717. The van der Waals surface area contributed by atoms with E-state index in [0.717, 1.165) is 0 Å². The lowest BCUT2D eigenvalue weighted by Crippen LogP contribution is -2.51. The smallest absolute Gasteiger partial charge is 0.312 e. The number of amides is 3. The Balaban J connectivity index is 4.00. The summed E-state index contributed by atoms with van der Waals surface area (Å²) < 4.78 is 4.76. The number of esters is 1. The van der Waals surface area contributed by atoms with E-state index in [1.54, 1.807) is 20.8 Å². The summed E-state index contributed by atoms with van der Waals surface area (Å²) in [5.41, 5.74) is 5.01. The summed E-state index contributed by atoms with van der Waals surface area (Å²) in [4.78, 5) is 33.6. The van der Waals surface area contributed by atoms with Gasteiger partial charge in [-0.25, -0.2) is 4.79 Å². The predicted octanol–water partition coefficient (Wildman–Crippen LogP) is 0.139. The van der Waals surface area contributed by atoms with Crippen LogP contribution in [0.4, 0.5) is 4.79 Å². The van der Waals surface area contributed by atoms with Crippen LogP contribution < -0.4 is 16.4 Å². The van der Waals surface area contributed by atoms with Gasteiger partial charge in [0.25, 0.3) is 0 Å². The molecule has 0 rings (SSSR count). The molecule has 0 fully saturated rings. The van der Waals surface area contributed by atoms with Crippen molar-refractivity contribution in [2.24, 2.45) is 11.7 Å². The normalized spacial score (nSPS) is 11.8. The van der Waals surface area contributed by atoms with Gasteiger partial charge in [0.15, 0.2) is 0 Å². The van der Waals surface area contributed by atoms with Crippen LogP contribution in [0.25, 0.3) is 0 Å². The number of rotatable bonds is 8. The molecule has 0 saturated heterocycles. The lowest BCUT2D eigenvalue weighted by Gasteiger charge is -2.20. The second kappa shape index (κ2) is 9.18. The second-order valence-corrected chi connectivity index (χ2v) is 4.43. The van der Waals surface area contributed by atoms with Crippen molar-refractivity contribution in [3.63, 3.8) is 0 Å². The first-order chi connectivity index (χ1) is 8.88. The molecule has 7 nitrogen and oxygen atoms in total. The molecule has 0 aromatic carbocycles. The van der Waals surface area contributed by atoms with E-state index < -0.39 is 12.1 Å². The molecule has 0 saturated carbocycles. The minimum atomic E-state index is -0.736. The molecular weight excluding hydrogens is 250 g/mol. The topological polar surface area (TPSA) is 111 Å². The van der Waals surface area contributed by atoms with Crippen molar-refractivity contribution in [2.45, 2.75) is 39.7 Å². The zero-order valence-electron chi connectivity index (χ0n) is 11.7. The van der Waals surface area contributed by atoms with Gasteiger partial charge in [-0.2, -0.15) is 0 Å². The van der Waals surface area contributed by atoms with E-state index in [0.29, 0.717) is 19.6 Å². The maximum absolute atomic E-state index is 11.8. The Morgan fingerprint density at radius 1 is 1.26 bits per heavy atom. The van der Waals surface area contributed by atoms with Crippen LogP contribution in [0.15, 0.2) is 0 Å². The van der Waals surface area contributed by atoms with Crippen LogP contribution >= 0.6 is 0 Å². The maximum Gasteiger partial charge on any atom is 0.312 e. The SMILES string of the molecule is CCOC(=O)CCCNC(=O)C(NC(N)=O)C(C)C. The van der Waals surface area contributed by atoms with E-state index in [4.69, 9.17) is 10.5 Å². The van der Waals surface area contributed by atoms with Crippen molar-refractivity contribution in [1.82, 2.24) is 10.6 Å². The molecule has 0 aromatic rings. The average molecular weight is 273 g/mol. The fourth-order valence-corrected chi connectivity index (χ4v) is 1.48. The molecule has 7 heteroatoms. The molecule has 110 valence electrons. The van der Waals surface area contributed by atoms with Gasteiger partial charge in [-0.05, 0) is 19.3 Å². The molecule has 0 spiro atoms. The first-order valence-corrected chi connectivity index (χ1v) is 6.37. The minimum Gasteiger partial charge on any atom is -0.466 e. The first-order valence-electron chi connectivity index (χ1n) is 6.37. The van der Waals surface area contributed by atoms with Crippen molar-refractivity contribution in [1.29, 1.82) is 0 Å². The number of urea groups is 1. The van der Waals surface area contributed by atoms with Crippen LogP contribution in [0.5, 0.6) is 0 Å². The second-order valence-electron chi connectivity index (χ2n) is 4.43. The van der Waals surface area contributed by atoms with Crippen LogP contribution in [-0.4, -0.2) is 37.1 Å². The highest BCUT2D eigenvalue weighted by Crippen LogP contribution is 2.01. The summed E-state index contributed by atoms with van der Waals surface area (Å²) in [6, 6.07) is -1.40. The fraction of sp³-hybridized carbons (Fsp3) is 0.750. The molecule has 0 aromatic heterocycles. The third kappa shape index (κ3) is 8.01. The molecule has 1 unspecified atom stereocenters. The molecule has 3 amide bonds. The van der Waals surface area contributed by atoms with Gasteiger partial charge in [0.1, 0.15) is 6.04 Å². The lowest BCUT2D eigenvalue weighted by molar-refractivity contribution is -0.143. The van der Waals surface area contributed by atoms with Crippen molar-refractivity contribution in [3.8, 4) is 0 Å². The van der Waals surface area contributed by atoms with E-state index in [1.165, 1.54) is 0 Å². The Kier molecular flexibility index (Phi) is 8.32. The Morgan fingerprint density at radius 3 is 2.37 bits per heavy atom. The number of nitrogens with two attached hydrogens (primary N) is 1. The zero-order chi connectivity index (χ0) is 14.8. The summed E-state index contributed by atoms with van der Waals surface area (Å²) in [5, 5.41) is 5.03. The van der Waals surface area contributed by atoms with Crippen LogP contribution in [0.1, 0.15) is 33.6 Å². The quantitative estimate of drug-likeness (QED) is 0.431. The lowest BCUT2D eigenvalue weighted by atomic mass is 10.0. The number of ether oxygens (including phenoxy) is 1. The molecule has 0 radical (unpaired) electrons. The Hall–Kier alpha value is -1.79. The van der Waals surface area contributed by atoms with Crippen LogP contribution in [0, 0.1) is 5.92 Å². The Labute approximate surface area is 113 Å². The molecule has 0 bridgehead atoms. The number of carbonyl (C=O) groups excluding carboxylic acids is 3. The van der Waals surface area contributed by atoms with Crippen molar-refractivity contribution >= 4 is 17.9 Å². The third-order valence-electron chi connectivity index (χ3n) is 2.41. The molecule has 0 aliphatic heterocycles. The Morgan fingerprint density at radius 2 is 1.89 bits per heavy atom. The van der Waals surface area contributed by atoms with E-state index in [-0.39, 0.29) is 24.2 Å². The largest absolute Gasteiger partial charge is 0.466 e. The molecular formula is C12H23N3O4. The monoisotopic (exact) mass is 273 g/mol. The summed E-state index contributed by atoms with van der Waals surface area (Å²) >= 11 is 0. The van der Waals surface area contributed by atoms with Gasteiger partial charge in [0.2, 0.25) is 5.91 Å². The highest BCUT2D eigenvalue weighted by molar-refractivity contribution is 5.86. The van der Waals surface area contributed by atoms with E-state index in [1.807, 2.05) is 0 Å². The van der Waals surface area contributed by atoms with Gasteiger partial charge < -0.3 is 21.1 Å². The Bertz CT molecular complexity index is 318. The van der Waals surface area contributed by atoms with Crippen molar-refractivity contribution in [3.05, 3.63) is 0 Å². The van der Waals surface area contributed by atoms with Gasteiger partial charge in [-0.3, -0.25) is 9.59 Å². The van der Waals surface area contributed by atoms with E-state index in [2.05, 4.69) is 10.6 Å². The summed E-state index contributed by atoms with van der Waals surface area (Å²) in [6.07, 6.45) is 0.746. The highest BCUT2D eigenvalue weighted by atomic mass is 16.5. The standard InChI is InChI=1S/C12H23N3O4/c1-4-19-9(16)6-5-7-14-11(17)10(8(2)3)15-12(13)18/h8,10H,4-7H2,1-3H3,(H,14,17)(H3,13,15,18). The first kappa shape index (κ1) is 17.2. The van der Waals surface area contributed by atoms with E-state index >= 15 is 0 Å². The van der Waals surface area contributed by atoms with Crippen molar-refractivity contribution < 1.29 is 19.1 Å². The van der Waals surface area contributed by atoms with Crippen LogP contribution in [-0.2, 0) is 14.3 Å². The number of hydrogen-bond donors (Lipinski definition) is 3. The number of carbonyl (C=O) groups is 3. The van der Waals surface area contributed by atoms with Gasteiger partial charge in [-0.1, -0.05) is 13.8 Å². The molecule has 0 aliphatic carbocycles. The van der Waals surface area contributed by atoms with Gasteiger partial charge >= 0.3 is 12.0 Å². The summed E-state index contributed by atoms with van der Waals surface area (Å²) in [6.45, 7) is 6.05. The van der Waals surface area contributed by atoms with Crippen LogP contribution in [0.3, 0.4) is 0 Å². The van der Waals surface area contributed by atoms with E-state index in [9.17, 15) is 14.4 Å². The van der Waals surface area contributed by atoms with Gasteiger partial charge in [0, 0.05) is 13.0 Å². The average Bonchev–Trinajstić information content (AvgIpc) is 2.31. The summed E-state index contributed by atoms with van der Waals surface area (Å²) in [7, 11) is 0. The molecule has 4 N–H and O–H groups in total. The molecule has 19 heavy (non-hydrogen) atoms. The van der Waals surface area contributed by atoms with Gasteiger partial charge in [-0.15, -0.1) is 0 Å². The number of primary amides is 1. The van der Waals surface area contributed by atoms with Crippen LogP contribution in [0.2, 0.25) is 0 Å². The number of nitrogens with one attached hydrogen (secondary N) is 2. The maximum atomic E-state index is 11.8. The third-order valence-corrected chi connectivity index (χ3v) is 2.41. The van der Waals surface area contributed by atoms with Gasteiger partial charge in [0.05, 0.1) is 6.61 Å².